The van der Waals surface area contributed by atoms with Gasteiger partial charge in [-0.3, -0.25) is 9.59 Å². The number of nitrogens with one attached hydrogen (secondary N) is 2. The first-order valence-corrected chi connectivity index (χ1v) is 10.8. The van der Waals surface area contributed by atoms with Gasteiger partial charge in [0.1, 0.15) is 0 Å². The van der Waals surface area contributed by atoms with Crippen LogP contribution in [-0.2, 0) is 9.53 Å². The SMILES string of the molecule is CCCOC(=O)c1ccc(NCC(=O)Nc2ccc(C(=O)N3CCCCC3)cc2)cc1. The number of likely N-dealkylation sites (tertiary alicyclic amines) is 1. The van der Waals surface area contributed by atoms with Gasteiger partial charge in [0.05, 0.1) is 18.7 Å². The van der Waals surface area contributed by atoms with E-state index in [1.165, 1.54) is 6.42 Å². The van der Waals surface area contributed by atoms with E-state index in [1.54, 1.807) is 48.5 Å². The number of rotatable bonds is 8. The van der Waals surface area contributed by atoms with E-state index in [0.29, 0.717) is 23.4 Å². The molecular weight excluding hydrogens is 394 g/mol. The molecular formula is C24H29N3O4. The zero-order valence-corrected chi connectivity index (χ0v) is 17.9. The van der Waals surface area contributed by atoms with Crippen LogP contribution in [-0.4, -0.2) is 48.9 Å². The van der Waals surface area contributed by atoms with Crippen LogP contribution < -0.4 is 10.6 Å². The summed E-state index contributed by atoms with van der Waals surface area (Å²) >= 11 is 0. The number of carbonyl (C=O) groups is 3. The van der Waals surface area contributed by atoms with Crippen molar-refractivity contribution in [2.24, 2.45) is 0 Å². The fourth-order valence-corrected chi connectivity index (χ4v) is 3.37. The van der Waals surface area contributed by atoms with Gasteiger partial charge in [0, 0.05) is 30.0 Å². The molecule has 164 valence electrons. The maximum Gasteiger partial charge on any atom is 0.338 e. The van der Waals surface area contributed by atoms with Gasteiger partial charge in [-0.05, 0) is 74.2 Å². The molecule has 0 unspecified atom stereocenters. The molecule has 0 saturated carbocycles. The number of ether oxygens (including phenoxy) is 1. The molecule has 1 aliphatic heterocycles. The number of anilines is 2. The normalized spacial score (nSPS) is 13.4. The fraction of sp³-hybridized carbons (Fsp3) is 0.375. The summed E-state index contributed by atoms with van der Waals surface area (Å²) in [6.45, 7) is 4.03. The maximum atomic E-state index is 12.5. The summed E-state index contributed by atoms with van der Waals surface area (Å²) in [7, 11) is 0. The van der Waals surface area contributed by atoms with Gasteiger partial charge in [-0.25, -0.2) is 4.79 Å². The molecule has 3 rings (SSSR count). The Morgan fingerprint density at radius 2 is 1.48 bits per heavy atom. The molecule has 7 heteroatoms. The van der Waals surface area contributed by atoms with Gasteiger partial charge in [-0.1, -0.05) is 6.92 Å². The number of piperidine rings is 1. The van der Waals surface area contributed by atoms with E-state index < -0.39 is 0 Å². The fourth-order valence-electron chi connectivity index (χ4n) is 3.37. The molecule has 0 radical (unpaired) electrons. The molecule has 7 nitrogen and oxygen atoms in total. The van der Waals surface area contributed by atoms with Gasteiger partial charge in [-0.15, -0.1) is 0 Å². The Morgan fingerprint density at radius 3 is 2.13 bits per heavy atom. The lowest BCUT2D eigenvalue weighted by Crippen LogP contribution is -2.35. The zero-order chi connectivity index (χ0) is 22.1. The van der Waals surface area contributed by atoms with Crippen LogP contribution in [0.25, 0.3) is 0 Å². The second-order valence-corrected chi connectivity index (χ2v) is 7.55. The third-order valence-corrected chi connectivity index (χ3v) is 5.07. The summed E-state index contributed by atoms with van der Waals surface area (Å²) in [5.74, 6) is -0.517. The van der Waals surface area contributed by atoms with Crippen molar-refractivity contribution in [2.75, 3.05) is 36.9 Å². The predicted molar refractivity (Wildman–Crippen MR) is 120 cm³/mol. The highest BCUT2D eigenvalue weighted by molar-refractivity contribution is 5.97. The minimum absolute atomic E-state index is 0.0428. The molecule has 0 atom stereocenters. The van der Waals surface area contributed by atoms with E-state index in [0.717, 1.165) is 38.0 Å². The van der Waals surface area contributed by atoms with Crippen molar-refractivity contribution in [3.63, 3.8) is 0 Å². The molecule has 1 heterocycles. The molecule has 0 spiro atoms. The first kappa shape index (κ1) is 22.3. The van der Waals surface area contributed by atoms with E-state index in [9.17, 15) is 14.4 Å². The average Bonchev–Trinajstić information content (AvgIpc) is 2.82. The summed E-state index contributed by atoms with van der Waals surface area (Å²) in [4.78, 5) is 38.4. The smallest absolute Gasteiger partial charge is 0.338 e. The first-order chi connectivity index (χ1) is 15.1. The van der Waals surface area contributed by atoms with Crippen LogP contribution in [0.1, 0.15) is 53.3 Å². The van der Waals surface area contributed by atoms with Crippen LogP contribution in [0, 0.1) is 0 Å². The van der Waals surface area contributed by atoms with Gasteiger partial charge in [-0.2, -0.15) is 0 Å². The monoisotopic (exact) mass is 423 g/mol. The highest BCUT2D eigenvalue weighted by Gasteiger charge is 2.18. The number of amides is 2. The molecule has 0 aromatic heterocycles. The molecule has 0 aliphatic carbocycles. The minimum Gasteiger partial charge on any atom is -0.462 e. The van der Waals surface area contributed by atoms with Gasteiger partial charge in [0.2, 0.25) is 5.91 Å². The lowest BCUT2D eigenvalue weighted by Gasteiger charge is -2.26. The van der Waals surface area contributed by atoms with Crippen LogP contribution in [0.3, 0.4) is 0 Å². The topological polar surface area (TPSA) is 87.7 Å². The van der Waals surface area contributed by atoms with Crippen LogP contribution in [0.15, 0.2) is 48.5 Å². The average molecular weight is 424 g/mol. The number of benzene rings is 2. The number of hydrogen-bond donors (Lipinski definition) is 2. The van der Waals surface area contributed by atoms with Crippen molar-refractivity contribution < 1.29 is 19.1 Å². The van der Waals surface area contributed by atoms with Crippen molar-refractivity contribution in [2.45, 2.75) is 32.6 Å². The highest BCUT2D eigenvalue weighted by atomic mass is 16.5. The minimum atomic E-state index is -0.353. The summed E-state index contributed by atoms with van der Waals surface area (Å²) < 4.78 is 5.09. The Bertz CT molecular complexity index is 888. The Hall–Kier alpha value is -3.35. The number of hydrogen-bond acceptors (Lipinski definition) is 5. The molecule has 2 N–H and O–H groups in total. The van der Waals surface area contributed by atoms with Crippen LogP contribution in [0.2, 0.25) is 0 Å². The standard InChI is InChI=1S/C24H29N3O4/c1-2-16-31-24(30)19-8-10-20(11-9-19)25-17-22(28)26-21-12-6-18(7-13-21)23(29)27-14-4-3-5-15-27/h6-13,25H,2-5,14-17H2,1H3,(H,26,28). The largest absolute Gasteiger partial charge is 0.462 e. The highest BCUT2D eigenvalue weighted by Crippen LogP contribution is 2.16. The van der Waals surface area contributed by atoms with E-state index in [1.807, 2.05) is 11.8 Å². The summed E-state index contributed by atoms with van der Waals surface area (Å²) in [5.41, 5.74) is 2.47. The maximum absolute atomic E-state index is 12.5. The molecule has 1 saturated heterocycles. The lowest BCUT2D eigenvalue weighted by molar-refractivity contribution is -0.114. The third-order valence-electron chi connectivity index (χ3n) is 5.07. The summed E-state index contributed by atoms with van der Waals surface area (Å²) in [5, 5.41) is 5.83. The number of carbonyl (C=O) groups excluding carboxylic acids is 3. The van der Waals surface area contributed by atoms with Gasteiger partial charge < -0.3 is 20.3 Å². The first-order valence-electron chi connectivity index (χ1n) is 10.8. The Balaban J connectivity index is 1.46. The van der Waals surface area contributed by atoms with Crippen LogP contribution >= 0.6 is 0 Å². The van der Waals surface area contributed by atoms with Crippen molar-refractivity contribution in [3.05, 3.63) is 59.7 Å². The second kappa shape index (κ2) is 11.2. The van der Waals surface area contributed by atoms with Gasteiger partial charge in [0.15, 0.2) is 0 Å². The van der Waals surface area contributed by atoms with Crippen molar-refractivity contribution in [3.8, 4) is 0 Å². The van der Waals surface area contributed by atoms with E-state index >= 15 is 0 Å². The summed E-state index contributed by atoms with van der Waals surface area (Å²) in [6, 6.07) is 13.8. The molecule has 1 fully saturated rings. The van der Waals surface area contributed by atoms with E-state index in [4.69, 9.17) is 4.74 Å². The van der Waals surface area contributed by atoms with Gasteiger partial charge in [0.25, 0.3) is 5.91 Å². The van der Waals surface area contributed by atoms with Crippen molar-refractivity contribution in [1.82, 2.24) is 4.90 Å². The molecule has 0 bridgehead atoms. The molecule has 2 aromatic rings. The number of nitrogens with zero attached hydrogens (tertiary/aromatic N) is 1. The van der Waals surface area contributed by atoms with Gasteiger partial charge >= 0.3 is 5.97 Å². The van der Waals surface area contributed by atoms with Crippen LogP contribution in [0.5, 0.6) is 0 Å². The molecule has 1 aliphatic rings. The molecule has 2 amide bonds. The second-order valence-electron chi connectivity index (χ2n) is 7.55. The quantitative estimate of drug-likeness (QED) is 0.628. The Labute approximate surface area is 182 Å². The zero-order valence-electron chi connectivity index (χ0n) is 17.9. The van der Waals surface area contributed by atoms with E-state index in [-0.39, 0.29) is 24.3 Å². The Morgan fingerprint density at radius 1 is 0.871 bits per heavy atom. The molecule has 31 heavy (non-hydrogen) atoms. The molecule has 2 aromatic carbocycles. The van der Waals surface area contributed by atoms with Crippen LogP contribution in [0.4, 0.5) is 11.4 Å². The predicted octanol–water partition coefficient (Wildman–Crippen LogP) is 3.93. The number of esters is 1. The lowest BCUT2D eigenvalue weighted by atomic mass is 10.1. The van der Waals surface area contributed by atoms with Crippen molar-refractivity contribution >= 4 is 29.2 Å². The Kier molecular flexibility index (Phi) is 8.04. The van der Waals surface area contributed by atoms with E-state index in [2.05, 4.69) is 10.6 Å². The van der Waals surface area contributed by atoms with Crippen molar-refractivity contribution in [1.29, 1.82) is 0 Å². The third kappa shape index (κ3) is 6.57. The summed E-state index contributed by atoms with van der Waals surface area (Å²) in [6.07, 6.45) is 4.06.